The first-order valence-corrected chi connectivity index (χ1v) is 11.0. The van der Waals surface area contributed by atoms with Crippen LogP contribution in [0.1, 0.15) is 18.1 Å². The molecule has 0 aliphatic rings. The molecule has 0 radical (unpaired) electrons. The van der Waals surface area contributed by atoms with E-state index in [0.717, 1.165) is 5.56 Å². The van der Waals surface area contributed by atoms with Gasteiger partial charge in [0.25, 0.3) is 5.91 Å². The second kappa shape index (κ2) is 11.7. The van der Waals surface area contributed by atoms with Crippen molar-refractivity contribution in [3.8, 4) is 23.3 Å². The summed E-state index contributed by atoms with van der Waals surface area (Å²) in [6, 6.07) is 22.2. The summed E-state index contributed by atoms with van der Waals surface area (Å²) in [6.45, 7) is 2.81. The van der Waals surface area contributed by atoms with Gasteiger partial charge in [-0.1, -0.05) is 46.3 Å². The van der Waals surface area contributed by atoms with E-state index in [4.69, 9.17) is 14.2 Å². The van der Waals surface area contributed by atoms with Gasteiger partial charge in [-0.3, -0.25) is 4.79 Å². The van der Waals surface area contributed by atoms with Gasteiger partial charge in [-0.25, -0.2) is 0 Å². The normalized spacial score (nSPS) is 10.8. The van der Waals surface area contributed by atoms with Crippen LogP contribution in [0.5, 0.6) is 17.2 Å². The van der Waals surface area contributed by atoms with Gasteiger partial charge in [0, 0.05) is 10.2 Å². The lowest BCUT2D eigenvalue weighted by atomic mass is 10.1. The summed E-state index contributed by atoms with van der Waals surface area (Å²) >= 11 is 3.46. The zero-order chi connectivity index (χ0) is 23.6. The van der Waals surface area contributed by atoms with E-state index in [-0.39, 0.29) is 5.57 Å². The Labute approximate surface area is 201 Å². The lowest BCUT2D eigenvalue weighted by Gasteiger charge is -2.12. The number of carbonyl (C=O) groups is 1. The second-order valence-electron chi connectivity index (χ2n) is 6.88. The van der Waals surface area contributed by atoms with Gasteiger partial charge in [-0.05, 0) is 60.5 Å². The molecule has 3 aromatic carbocycles. The number of carbonyl (C=O) groups excluding carboxylic acids is 1. The molecule has 1 N–H and O–H groups in total. The van der Waals surface area contributed by atoms with Crippen molar-refractivity contribution in [1.29, 1.82) is 5.26 Å². The van der Waals surface area contributed by atoms with Crippen LogP contribution in [0.2, 0.25) is 0 Å². The van der Waals surface area contributed by atoms with Crippen LogP contribution in [0, 0.1) is 11.3 Å². The maximum absolute atomic E-state index is 12.7. The largest absolute Gasteiger partial charge is 0.493 e. The third-order valence-electron chi connectivity index (χ3n) is 4.61. The summed E-state index contributed by atoms with van der Waals surface area (Å²) in [5.74, 6) is 1.24. The first-order chi connectivity index (χ1) is 16.0. The maximum atomic E-state index is 12.7. The number of nitrogens with one attached hydrogen (secondary N) is 1. The average molecular weight is 507 g/mol. The highest BCUT2D eigenvalue weighted by Gasteiger charge is 2.14. The lowest BCUT2D eigenvalue weighted by molar-refractivity contribution is -0.112. The Morgan fingerprint density at radius 3 is 2.42 bits per heavy atom. The summed E-state index contributed by atoms with van der Waals surface area (Å²) < 4.78 is 17.3. The summed E-state index contributed by atoms with van der Waals surface area (Å²) in [4.78, 5) is 12.7. The van der Waals surface area contributed by atoms with Crippen molar-refractivity contribution < 1.29 is 19.0 Å². The SMILES string of the molecule is CCOc1cc(Br)c(/C=C(\C#N)C(=O)Nc2ccc(OCc3ccccc3)cc2)cc1OC. The summed E-state index contributed by atoms with van der Waals surface area (Å²) in [5.41, 5.74) is 2.19. The number of benzene rings is 3. The van der Waals surface area contributed by atoms with E-state index >= 15 is 0 Å². The first kappa shape index (κ1) is 23.9. The van der Waals surface area contributed by atoms with Crippen molar-refractivity contribution in [2.45, 2.75) is 13.5 Å². The third-order valence-corrected chi connectivity index (χ3v) is 5.29. The zero-order valence-corrected chi connectivity index (χ0v) is 19.9. The molecule has 0 aliphatic carbocycles. The number of rotatable bonds is 9. The predicted molar refractivity (Wildman–Crippen MR) is 131 cm³/mol. The molecule has 0 atom stereocenters. The fraction of sp³-hybridized carbons (Fsp3) is 0.154. The van der Waals surface area contributed by atoms with Crippen molar-refractivity contribution in [1.82, 2.24) is 0 Å². The van der Waals surface area contributed by atoms with Crippen LogP contribution in [-0.2, 0) is 11.4 Å². The minimum Gasteiger partial charge on any atom is -0.493 e. The van der Waals surface area contributed by atoms with Crippen molar-refractivity contribution in [3.63, 3.8) is 0 Å². The standard InChI is InChI=1S/C26H23BrN2O4/c1-3-32-25-15-23(27)19(14-24(25)31-2)13-20(16-28)26(30)29-21-9-11-22(12-10-21)33-17-18-7-5-4-6-8-18/h4-15H,3,17H2,1-2H3,(H,29,30)/b20-13+. The van der Waals surface area contributed by atoms with Gasteiger partial charge in [0.15, 0.2) is 11.5 Å². The Bertz CT molecular complexity index is 1170. The Morgan fingerprint density at radius 2 is 1.79 bits per heavy atom. The van der Waals surface area contributed by atoms with E-state index in [1.807, 2.05) is 43.3 Å². The molecule has 0 fully saturated rings. The molecule has 3 rings (SSSR count). The molecule has 0 saturated carbocycles. The van der Waals surface area contributed by atoms with Gasteiger partial charge in [-0.2, -0.15) is 5.26 Å². The Kier molecular flexibility index (Phi) is 8.50. The fourth-order valence-corrected chi connectivity index (χ4v) is 3.40. The Hall–Kier alpha value is -3.76. The molecule has 6 nitrogen and oxygen atoms in total. The number of hydrogen-bond donors (Lipinski definition) is 1. The van der Waals surface area contributed by atoms with E-state index in [1.165, 1.54) is 13.2 Å². The first-order valence-electron chi connectivity index (χ1n) is 10.2. The highest BCUT2D eigenvalue weighted by Crippen LogP contribution is 2.34. The molecule has 7 heteroatoms. The van der Waals surface area contributed by atoms with Crippen LogP contribution in [0.3, 0.4) is 0 Å². The van der Waals surface area contributed by atoms with Crippen LogP contribution in [0.15, 0.2) is 76.8 Å². The van der Waals surface area contributed by atoms with E-state index in [9.17, 15) is 10.1 Å². The highest BCUT2D eigenvalue weighted by atomic mass is 79.9. The van der Waals surface area contributed by atoms with Crippen molar-refractivity contribution in [3.05, 3.63) is 87.9 Å². The highest BCUT2D eigenvalue weighted by molar-refractivity contribution is 9.10. The lowest BCUT2D eigenvalue weighted by Crippen LogP contribution is -2.13. The summed E-state index contributed by atoms with van der Waals surface area (Å²) in [6.07, 6.45) is 1.50. The number of nitriles is 1. The molecule has 0 spiro atoms. The van der Waals surface area contributed by atoms with Gasteiger partial charge in [0.2, 0.25) is 0 Å². The van der Waals surface area contributed by atoms with E-state index in [0.29, 0.717) is 46.2 Å². The monoisotopic (exact) mass is 506 g/mol. The minimum atomic E-state index is -0.518. The zero-order valence-electron chi connectivity index (χ0n) is 18.3. The molecule has 3 aromatic rings. The predicted octanol–water partition coefficient (Wildman–Crippen LogP) is 5.98. The fourth-order valence-electron chi connectivity index (χ4n) is 2.97. The molecular weight excluding hydrogens is 484 g/mol. The van der Waals surface area contributed by atoms with Gasteiger partial charge >= 0.3 is 0 Å². The molecule has 1 amide bonds. The van der Waals surface area contributed by atoms with E-state index in [2.05, 4.69) is 21.2 Å². The number of anilines is 1. The molecule has 0 saturated heterocycles. The number of ether oxygens (including phenoxy) is 3. The van der Waals surface area contributed by atoms with Gasteiger partial charge in [-0.15, -0.1) is 0 Å². The minimum absolute atomic E-state index is 0.0497. The Balaban J connectivity index is 1.69. The van der Waals surface area contributed by atoms with Gasteiger partial charge < -0.3 is 19.5 Å². The maximum Gasteiger partial charge on any atom is 0.266 e. The van der Waals surface area contributed by atoms with Crippen molar-refractivity contribution in [2.75, 3.05) is 19.0 Å². The second-order valence-corrected chi connectivity index (χ2v) is 7.73. The molecule has 168 valence electrons. The topological polar surface area (TPSA) is 80.6 Å². The van der Waals surface area contributed by atoms with Gasteiger partial charge in [0.1, 0.15) is 24.0 Å². The number of hydrogen-bond acceptors (Lipinski definition) is 5. The van der Waals surface area contributed by atoms with Crippen LogP contribution in [0.25, 0.3) is 6.08 Å². The van der Waals surface area contributed by atoms with Crippen LogP contribution < -0.4 is 19.5 Å². The number of halogens is 1. The molecule has 0 heterocycles. The number of amides is 1. The quantitative estimate of drug-likeness (QED) is 0.285. The molecule has 0 bridgehead atoms. The molecular formula is C26H23BrN2O4. The van der Waals surface area contributed by atoms with E-state index < -0.39 is 5.91 Å². The Morgan fingerprint density at radius 1 is 1.06 bits per heavy atom. The molecule has 0 aliphatic heterocycles. The van der Waals surface area contributed by atoms with Crippen LogP contribution in [0.4, 0.5) is 5.69 Å². The molecule has 33 heavy (non-hydrogen) atoms. The van der Waals surface area contributed by atoms with Crippen LogP contribution in [-0.4, -0.2) is 19.6 Å². The van der Waals surface area contributed by atoms with Crippen molar-refractivity contribution >= 4 is 33.6 Å². The smallest absolute Gasteiger partial charge is 0.266 e. The van der Waals surface area contributed by atoms with Crippen LogP contribution >= 0.6 is 15.9 Å². The third kappa shape index (κ3) is 6.61. The number of methoxy groups -OCH3 is 1. The number of nitrogens with zero attached hydrogens (tertiary/aromatic N) is 1. The van der Waals surface area contributed by atoms with Crippen molar-refractivity contribution in [2.24, 2.45) is 0 Å². The average Bonchev–Trinajstić information content (AvgIpc) is 2.84. The summed E-state index contributed by atoms with van der Waals surface area (Å²) in [5, 5.41) is 12.3. The molecule has 0 unspecified atom stereocenters. The summed E-state index contributed by atoms with van der Waals surface area (Å²) in [7, 11) is 1.53. The van der Waals surface area contributed by atoms with E-state index in [1.54, 1.807) is 36.4 Å². The molecule has 0 aromatic heterocycles. The van der Waals surface area contributed by atoms with Gasteiger partial charge in [0.05, 0.1) is 13.7 Å².